The molecule has 0 spiro atoms. The van der Waals surface area contributed by atoms with Gasteiger partial charge >= 0.3 is 0 Å². The van der Waals surface area contributed by atoms with Crippen molar-refractivity contribution in [2.75, 3.05) is 0 Å². The fourth-order valence-corrected chi connectivity index (χ4v) is 4.21. The first kappa shape index (κ1) is 17.8. The summed E-state index contributed by atoms with van der Waals surface area (Å²) in [5.74, 6) is 0.250. The second-order valence-corrected chi connectivity index (χ2v) is 8.12. The van der Waals surface area contributed by atoms with E-state index < -0.39 is 0 Å². The highest BCUT2D eigenvalue weighted by molar-refractivity contribution is 7.13. The minimum absolute atomic E-state index is 0.161. The highest BCUT2D eigenvalue weighted by Crippen LogP contribution is 2.27. The highest BCUT2D eigenvalue weighted by Gasteiger charge is 2.14. The van der Waals surface area contributed by atoms with Crippen LogP contribution in [0, 0.1) is 13.8 Å². The Kier molecular flexibility index (Phi) is 5.30. The lowest BCUT2D eigenvalue weighted by molar-refractivity contribution is 0.0946. The van der Waals surface area contributed by atoms with E-state index in [9.17, 15) is 4.79 Å². The average molecular weight is 372 g/mol. The Morgan fingerprint density at radius 3 is 2.64 bits per heavy atom. The van der Waals surface area contributed by atoms with Crippen molar-refractivity contribution >= 4 is 28.6 Å². The van der Waals surface area contributed by atoms with E-state index in [2.05, 4.69) is 61.2 Å². The Morgan fingerprint density at radius 1 is 1.16 bits per heavy atom. The molecule has 0 unspecified atom stereocenters. The molecule has 1 aromatic carbocycles. The van der Waals surface area contributed by atoms with Gasteiger partial charge in [0.1, 0.15) is 10.7 Å². The maximum absolute atomic E-state index is 12.4. The molecule has 0 aliphatic heterocycles. The molecule has 2 heterocycles. The molecule has 0 radical (unpaired) electrons. The number of nitrogens with one attached hydrogen (secondary N) is 1. The fraction of sp³-hybridized carbons (Fsp3) is 0.316. The summed E-state index contributed by atoms with van der Waals surface area (Å²) in [6.45, 7) is 8.80. The Morgan fingerprint density at radius 2 is 1.96 bits per heavy atom. The maximum Gasteiger partial charge on any atom is 0.271 e. The molecule has 6 heteroatoms. The molecule has 0 aliphatic carbocycles. The average Bonchev–Trinajstić information content (AvgIpc) is 3.22. The molecule has 130 valence electrons. The zero-order valence-electron chi connectivity index (χ0n) is 14.8. The van der Waals surface area contributed by atoms with Crippen LogP contribution in [0.3, 0.4) is 0 Å². The summed E-state index contributed by atoms with van der Waals surface area (Å²) < 4.78 is 0. The van der Waals surface area contributed by atoms with Crippen molar-refractivity contribution < 1.29 is 4.79 Å². The lowest BCUT2D eigenvalue weighted by Crippen LogP contribution is -2.23. The van der Waals surface area contributed by atoms with Crippen molar-refractivity contribution in [1.29, 1.82) is 0 Å². The molecule has 3 rings (SSSR count). The summed E-state index contributed by atoms with van der Waals surface area (Å²) in [4.78, 5) is 21.4. The van der Waals surface area contributed by atoms with E-state index in [4.69, 9.17) is 0 Å². The van der Waals surface area contributed by atoms with Crippen molar-refractivity contribution in [3.05, 3.63) is 56.5 Å². The van der Waals surface area contributed by atoms with Crippen LogP contribution in [0.5, 0.6) is 0 Å². The van der Waals surface area contributed by atoms with Gasteiger partial charge in [0.05, 0.1) is 17.2 Å². The number of nitrogens with zero attached hydrogens (tertiary/aromatic N) is 2. The van der Waals surface area contributed by atoms with Crippen LogP contribution in [-0.4, -0.2) is 15.9 Å². The van der Waals surface area contributed by atoms with Gasteiger partial charge in [0.25, 0.3) is 5.91 Å². The van der Waals surface area contributed by atoms with E-state index in [0.29, 0.717) is 18.2 Å². The van der Waals surface area contributed by atoms with Crippen LogP contribution in [0.1, 0.15) is 52.1 Å². The standard InChI is InChI=1S/C19H21N3OS2/c1-11(2)18-21-14(9-24-18)8-20-17(23)16-10-25-19(22-16)15-6-5-12(3)7-13(15)4/h5-7,9-11H,8H2,1-4H3,(H,20,23). The van der Waals surface area contributed by atoms with Gasteiger partial charge in [-0.25, -0.2) is 9.97 Å². The third kappa shape index (κ3) is 4.14. The number of rotatable bonds is 5. The second kappa shape index (κ2) is 7.45. The van der Waals surface area contributed by atoms with Gasteiger partial charge in [-0.3, -0.25) is 4.79 Å². The smallest absolute Gasteiger partial charge is 0.271 e. The van der Waals surface area contributed by atoms with Crippen LogP contribution >= 0.6 is 22.7 Å². The topological polar surface area (TPSA) is 54.9 Å². The summed E-state index contributed by atoms with van der Waals surface area (Å²) in [7, 11) is 0. The van der Waals surface area contributed by atoms with Crippen LogP contribution in [0.4, 0.5) is 0 Å². The quantitative estimate of drug-likeness (QED) is 0.691. The molecule has 4 nitrogen and oxygen atoms in total. The molecule has 1 amide bonds. The van der Waals surface area contributed by atoms with Crippen molar-refractivity contribution in [2.24, 2.45) is 0 Å². The van der Waals surface area contributed by atoms with Crippen molar-refractivity contribution in [1.82, 2.24) is 15.3 Å². The number of carbonyl (C=O) groups is 1. The molecule has 25 heavy (non-hydrogen) atoms. The number of hydrogen-bond donors (Lipinski definition) is 1. The second-order valence-electron chi connectivity index (χ2n) is 6.37. The minimum Gasteiger partial charge on any atom is -0.345 e. The van der Waals surface area contributed by atoms with Gasteiger partial charge in [-0.1, -0.05) is 37.6 Å². The number of carbonyl (C=O) groups excluding carboxylic acids is 1. The van der Waals surface area contributed by atoms with E-state index in [1.165, 1.54) is 22.5 Å². The lowest BCUT2D eigenvalue weighted by atomic mass is 10.1. The number of amides is 1. The van der Waals surface area contributed by atoms with Gasteiger partial charge in [-0.15, -0.1) is 22.7 Å². The zero-order valence-corrected chi connectivity index (χ0v) is 16.4. The molecule has 0 saturated carbocycles. The Hall–Kier alpha value is -2.05. The molecular formula is C19H21N3OS2. The first-order valence-corrected chi connectivity index (χ1v) is 9.95. The highest BCUT2D eigenvalue weighted by atomic mass is 32.1. The molecule has 0 bridgehead atoms. The van der Waals surface area contributed by atoms with Crippen LogP contribution in [0.25, 0.3) is 10.6 Å². The number of benzene rings is 1. The Balaban J connectivity index is 1.68. The number of aromatic nitrogens is 2. The van der Waals surface area contributed by atoms with E-state index in [1.807, 2.05) is 10.8 Å². The molecule has 3 aromatic rings. The predicted octanol–water partition coefficient (Wildman–Crippen LogP) is 4.94. The van der Waals surface area contributed by atoms with E-state index in [-0.39, 0.29) is 5.91 Å². The van der Waals surface area contributed by atoms with E-state index >= 15 is 0 Å². The zero-order chi connectivity index (χ0) is 18.0. The molecule has 0 aliphatic rings. The summed E-state index contributed by atoms with van der Waals surface area (Å²) in [5, 5.41) is 8.68. The van der Waals surface area contributed by atoms with Crippen molar-refractivity contribution in [3.8, 4) is 10.6 Å². The molecule has 0 fully saturated rings. The Labute approximate surface area is 156 Å². The van der Waals surface area contributed by atoms with Crippen LogP contribution < -0.4 is 5.32 Å². The minimum atomic E-state index is -0.161. The predicted molar refractivity (Wildman–Crippen MR) is 104 cm³/mol. The van der Waals surface area contributed by atoms with Gasteiger partial charge in [0.15, 0.2) is 0 Å². The maximum atomic E-state index is 12.4. The van der Waals surface area contributed by atoms with E-state index in [1.54, 1.807) is 11.3 Å². The SMILES string of the molecule is Cc1ccc(-c2nc(C(=O)NCc3csc(C(C)C)n3)cs2)c(C)c1. The van der Waals surface area contributed by atoms with Gasteiger partial charge in [-0.05, 0) is 19.4 Å². The number of aryl methyl sites for hydroxylation is 2. The molecule has 0 saturated heterocycles. The summed E-state index contributed by atoms with van der Waals surface area (Å²) >= 11 is 3.13. The molecule has 0 atom stereocenters. The number of hydrogen-bond acceptors (Lipinski definition) is 5. The van der Waals surface area contributed by atoms with Crippen LogP contribution in [0.2, 0.25) is 0 Å². The van der Waals surface area contributed by atoms with Crippen molar-refractivity contribution in [3.63, 3.8) is 0 Å². The van der Waals surface area contributed by atoms with Gasteiger partial charge in [-0.2, -0.15) is 0 Å². The van der Waals surface area contributed by atoms with Crippen LogP contribution in [0.15, 0.2) is 29.0 Å². The van der Waals surface area contributed by atoms with Gasteiger partial charge in [0.2, 0.25) is 0 Å². The third-order valence-corrected chi connectivity index (χ3v) is 5.91. The Bertz CT molecular complexity index is 896. The normalized spacial score (nSPS) is 11.1. The first-order valence-electron chi connectivity index (χ1n) is 8.19. The summed E-state index contributed by atoms with van der Waals surface area (Å²) in [6.07, 6.45) is 0. The van der Waals surface area contributed by atoms with Crippen LogP contribution in [-0.2, 0) is 6.54 Å². The largest absolute Gasteiger partial charge is 0.345 e. The molecule has 1 N–H and O–H groups in total. The van der Waals surface area contributed by atoms with Gasteiger partial charge in [0, 0.05) is 22.2 Å². The molecular weight excluding hydrogens is 350 g/mol. The molecule has 2 aromatic heterocycles. The van der Waals surface area contributed by atoms with Crippen molar-refractivity contribution in [2.45, 2.75) is 40.2 Å². The third-order valence-electron chi connectivity index (χ3n) is 3.84. The monoisotopic (exact) mass is 371 g/mol. The summed E-state index contributed by atoms with van der Waals surface area (Å²) in [5.41, 5.74) is 4.83. The summed E-state index contributed by atoms with van der Waals surface area (Å²) in [6, 6.07) is 6.26. The first-order chi connectivity index (χ1) is 11.9. The fourth-order valence-electron chi connectivity index (χ4n) is 2.49. The number of thiazole rings is 2. The van der Waals surface area contributed by atoms with Gasteiger partial charge < -0.3 is 5.32 Å². The van der Waals surface area contributed by atoms with E-state index in [0.717, 1.165) is 21.3 Å². The lowest BCUT2D eigenvalue weighted by Gasteiger charge is -2.03.